The number of carbonyl (C=O) groups excluding carboxylic acids is 1. The van der Waals surface area contributed by atoms with Crippen LogP contribution in [0.15, 0.2) is 36.4 Å². The van der Waals surface area contributed by atoms with Crippen LogP contribution in [0.1, 0.15) is 36.5 Å². The zero-order valence-corrected chi connectivity index (χ0v) is 22.9. The van der Waals surface area contributed by atoms with Crippen molar-refractivity contribution in [1.82, 2.24) is 14.7 Å². The molecule has 38 heavy (non-hydrogen) atoms. The van der Waals surface area contributed by atoms with Gasteiger partial charge in [-0.3, -0.25) is 14.7 Å². The lowest BCUT2D eigenvalue weighted by Gasteiger charge is -2.41. The van der Waals surface area contributed by atoms with Crippen LogP contribution in [0.4, 0.5) is 17.6 Å². The minimum atomic E-state index is -4.75. The Bertz CT molecular complexity index is 1140. The summed E-state index contributed by atoms with van der Waals surface area (Å²) in [5.74, 6) is -1.37. The van der Waals surface area contributed by atoms with Gasteiger partial charge in [0, 0.05) is 44.7 Å². The Kier molecular flexibility index (Phi) is 9.06. The molecule has 0 aromatic heterocycles. The second-order valence-corrected chi connectivity index (χ2v) is 11.1. The predicted molar refractivity (Wildman–Crippen MR) is 139 cm³/mol. The predicted octanol–water partition coefficient (Wildman–Crippen LogP) is 5.69. The number of hydrogen-bond donors (Lipinski definition) is 0. The van der Waals surface area contributed by atoms with Crippen LogP contribution in [0.3, 0.4) is 0 Å². The summed E-state index contributed by atoms with van der Waals surface area (Å²) in [4.78, 5) is 18.6. The van der Waals surface area contributed by atoms with E-state index in [-0.39, 0.29) is 30.7 Å². The number of halogens is 6. The number of likely N-dealkylation sites (tertiary alicyclic amines) is 1. The van der Waals surface area contributed by atoms with Crippen LogP contribution in [0.2, 0.25) is 10.0 Å². The molecule has 0 bridgehead atoms. The monoisotopic (exact) mass is 575 g/mol. The van der Waals surface area contributed by atoms with E-state index in [1.54, 1.807) is 6.07 Å². The van der Waals surface area contributed by atoms with Gasteiger partial charge in [0.2, 0.25) is 0 Å². The number of nitrogens with zero attached hydrogens (tertiary/aromatic N) is 3. The number of aldehydes is 1. The Hall–Kier alpha value is -1.75. The number of morpholine rings is 1. The highest BCUT2D eigenvalue weighted by molar-refractivity contribution is 6.42. The highest BCUT2D eigenvalue weighted by atomic mass is 35.5. The van der Waals surface area contributed by atoms with Crippen LogP contribution < -0.4 is 0 Å². The van der Waals surface area contributed by atoms with Gasteiger partial charge in [0.05, 0.1) is 27.8 Å². The maximum atomic E-state index is 14.3. The molecule has 5 atom stereocenters. The van der Waals surface area contributed by atoms with Crippen molar-refractivity contribution < 1.29 is 27.1 Å². The molecule has 0 spiro atoms. The molecule has 2 heterocycles. The number of likely N-dealkylation sites (N-methyl/N-ethyl adjacent to an activating group) is 1. The first-order valence-electron chi connectivity index (χ1n) is 12.5. The van der Waals surface area contributed by atoms with Crippen molar-refractivity contribution in [1.29, 1.82) is 0 Å². The van der Waals surface area contributed by atoms with Crippen molar-refractivity contribution in [3.8, 4) is 0 Å². The molecule has 5 nitrogen and oxygen atoms in total. The van der Waals surface area contributed by atoms with Crippen molar-refractivity contribution in [2.75, 3.05) is 33.2 Å². The van der Waals surface area contributed by atoms with Gasteiger partial charge >= 0.3 is 6.18 Å². The summed E-state index contributed by atoms with van der Waals surface area (Å²) in [6.07, 6.45) is -4.29. The zero-order valence-electron chi connectivity index (χ0n) is 21.4. The molecule has 0 amide bonds. The molecule has 2 aliphatic rings. The van der Waals surface area contributed by atoms with Crippen LogP contribution in [0, 0.1) is 5.82 Å². The van der Waals surface area contributed by atoms with E-state index in [0.717, 1.165) is 24.0 Å². The molecule has 208 valence electrons. The highest BCUT2D eigenvalue weighted by Gasteiger charge is 2.42. The third-order valence-electron chi connectivity index (χ3n) is 7.34. The van der Waals surface area contributed by atoms with Gasteiger partial charge in [0.25, 0.3) is 0 Å². The average molecular weight is 576 g/mol. The van der Waals surface area contributed by atoms with Crippen LogP contribution in [-0.2, 0) is 22.3 Å². The summed E-state index contributed by atoms with van der Waals surface area (Å²) in [5, 5.41) is 0.842. The standard InChI is InChI=1S/C27H31Cl2F4N3O2/c1-16-10-35(11-17(2)38-16)26(15-37)36-13-20(19-5-7-22(28)23(29)9-19)25(14-36)34(3)12-18-4-6-21(24(30)8-18)27(31,32)33/h4-9,15-17,20,25-26H,10-14H2,1-3H3/t16?,17?,20-,25-,26?/m1/s1. The lowest BCUT2D eigenvalue weighted by atomic mass is 9.93. The van der Waals surface area contributed by atoms with Crippen molar-refractivity contribution in [3.05, 3.63) is 69.0 Å². The van der Waals surface area contributed by atoms with E-state index in [1.807, 2.05) is 37.9 Å². The molecule has 3 unspecified atom stereocenters. The molecule has 0 saturated carbocycles. The third-order valence-corrected chi connectivity index (χ3v) is 8.08. The quantitative estimate of drug-likeness (QED) is 0.313. The molecule has 2 fully saturated rings. The minimum absolute atomic E-state index is 0.0114. The second kappa shape index (κ2) is 11.8. The Labute approximate surface area is 230 Å². The fourth-order valence-corrected chi connectivity index (χ4v) is 5.98. The van der Waals surface area contributed by atoms with Crippen molar-refractivity contribution in [2.24, 2.45) is 0 Å². The van der Waals surface area contributed by atoms with Gasteiger partial charge in [-0.25, -0.2) is 4.39 Å². The topological polar surface area (TPSA) is 36.0 Å². The third kappa shape index (κ3) is 6.51. The van der Waals surface area contributed by atoms with Crippen LogP contribution >= 0.6 is 23.2 Å². The van der Waals surface area contributed by atoms with E-state index in [2.05, 4.69) is 9.80 Å². The molecule has 2 aromatic rings. The highest BCUT2D eigenvalue weighted by Crippen LogP contribution is 2.37. The zero-order chi connectivity index (χ0) is 27.8. The molecule has 2 saturated heterocycles. The van der Waals surface area contributed by atoms with E-state index in [1.165, 1.54) is 6.07 Å². The second-order valence-electron chi connectivity index (χ2n) is 10.3. The average Bonchev–Trinajstić information content (AvgIpc) is 3.25. The van der Waals surface area contributed by atoms with Gasteiger partial charge in [-0.2, -0.15) is 13.2 Å². The van der Waals surface area contributed by atoms with E-state index >= 15 is 0 Å². The maximum Gasteiger partial charge on any atom is 0.419 e. The first kappa shape index (κ1) is 29.2. The van der Waals surface area contributed by atoms with E-state index in [0.29, 0.717) is 41.8 Å². The van der Waals surface area contributed by atoms with E-state index < -0.39 is 23.7 Å². The Balaban J connectivity index is 1.60. The number of alkyl halides is 3. The molecule has 0 aliphatic carbocycles. The van der Waals surface area contributed by atoms with Crippen molar-refractivity contribution in [2.45, 2.75) is 56.9 Å². The Morgan fingerprint density at radius 1 is 1.03 bits per heavy atom. The van der Waals surface area contributed by atoms with E-state index in [9.17, 15) is 22.4 Å². The summed E-state index contributed by atoms with van der Waals surface area (Å²) in [6, 6.07) is 8.32. The van der Waals surface area contributed by atoms with Crippen molar-refractivity contribution >= 4 is 29.5 Å². The molecule has 2 aromatic carbocycles. The van der Waals surface area contributed by atoms with Crippen LogP contribution in [-0.4, -0.2) is 78.6 Å². The fourth-order valence-electron chi connectivity index (χ4n) is 5.68. The molecular weight excluding hydrogens is 545 g/mol. The molecule has 0 radical (unpaired) electrons. The summed E-state index contributed by atoms with van der Waals surface area (Å²) in [7, 11) is 1.85. The van der Waals surface area contributed by atoms with Gasteiger partial charge in [0.1, 0.15) is 12.0 Å². The van der Waals surface area contributed by atoms with E-state index in [4.69, 9.17) is 27.9 Å². The fraction of sp³-hybridized carbons (Fsp3) is 0.519. The number of rotatable bonds is 7. The lowest BCUT2D eigenvalue weighted by molar-refractivity contribution is -0.140. The summed E-state index contributed by atoms with van der Waals surface area (Å²) in [6.45, 7) is 6.49. The van der Waals surface area contributed by atoms with Gasteiger partial charge in [0.15, 0.2) is 6.29 Å². The molecular formula is C27H31Cl2F4N3O2. The normalized spacial score (nSPS) is 26.2. The maximum absolute atomic E-state index is 14.3. The van der Waals surface area contributed by atoms with Crippen LogP contribution in [0.25, 0.3) is 0 Å². The van der Waals surface area contributed by atoms with Crippen LogP contribution in [0.5, 0.6) is 0 Å². The summed E-state index contributed by atoms with van der Waals surface area (Å²) < 4.78 is 59.2. The first-order valence-corrected chi connectivity index (χ1v) is 13.2. The van der Waals surface area contributed by atoms with Gasteiger partial charge < -0.3 is 9.53 Å². The van der Waals surface area contributed by atoms with Gasteiger partial charge in [-0.05, 0) is 56.3 Å². The van der Waals surface area contributed by atoms with Gasteiger partial charge in [-0.15, -0.1) is 0 Å². The SMILES string of the molecule is CC1CN(C(C=O)N2C[C@H](c3ccc(Cl)c(Cl)c3)[C@H](N(C)Cc3ccc(C(F)(F)F)c(F)c3)C2)CC(C)O1. The summed E-state index contributed by atoms with van der Waals surface area (Å²) >= 11 is 12.5. The lowest BCUT2D eigenvalue weighted by Crippen LogP contribution is -2.56. The largest absolute Gasteiger partial charge is 0.419 e. The smallest absolute Gasteiger partial charge is 0.373 e. The van der Waals surface area contributed by atoms with Crippen molar-refractivity contribution in [3.63, 3.8) is 0 Å². The van der Waals surface area contributed by atoms with Gasteiger partial charge in [-0.1, -0.05) is 35.3 Å². The molecule has 11 heteroatoms. The molecule has 0 N–H and O–H groups in total. The molecule has 4 rings (SSSR count). The number of carbonyl (C=O) groups is 1. The number of benzene rings is 2. The minimum Gasteiger partial charge on any atom is -0.373 e. The summed E-state index contributed by atoms with van der Waals surface area (Å²) in [5.41, 5.74) is 0.0743. The molecule has 2 aliphatic heterocycles. The number of hydrogen-bond acceptors (Lipinski definition) is 5. The number of ether oxygens (including phenoxy) is 1. The Morgan fingerprint density at radius 3 is 2.26 bits per heavy atom. The Morgan fingerprint density at radius 2 is 1.68 bits per heavy atom. The first-order chi connectivity index (χ1) is 17.9.